The van der Waals surface area contributed by atoms with Gasteiger partial charge in [-0.25, -0.2) is 24.4 Å². The second-order valence-electron chi connectivity index (χ2n) is 7.99. The summed E-state index contributed by atoms with van der Waals surface area (Å²) in [6.45, 7) is 2.73. The van der Waals surface area contributed by atoms with E-state index in [-0.39, 0.29) is 17.7 Å². The van der Waals surface area contributed by atoms with E-state index < -0.39 is 5.97 Å². The van der Waals surface area contributed by atoms with Crippen molar-refractivity contribution in [2.75, 3.05) is 19.5 Å². The number of carbonyl (C=O) groups is 1. The summed E-state index contributed by atoms with van der Waals surface area (Å²) in [6, 6.07) is 9.23. The predicted octanol–water partition coefficient (Wildman–Crippen LogP) is 3.93. The highest BCUT2D eigenvalue weighted by molar-refractivity contribution is 5.97. The van der Waals surface area contributed by atoms with Crippen molar-refractivity contribution in [2.45, 2.75) is 32.4 Å². The number of rotatable bonds is 4. The average Bonchev–Trinajstić information content (AvgIpc) is 3.28. The Labute approximate surface area is 190 Å². The van der Waals surface area contributed by atoms with Crippen molar-refractivity contribution < 1.29 is 14.3 Å². The highest BCUT2D eigenvalue weighted by Crippen LogP contribution is 2.35. The summed E-state index contributed by atoms with van der Waals surface area (Å²) in [6.07, 6.45) is 6.43. The number of pyridine rings is 1. The zero-order chi connectivity index (χ0) is 22.9. The fourth-order valence-corrected chi connectivity index (χ4v) is 4.23. The van der Waals surface area contributed by atoms with Crippen LogP contribution in [0.5, 0.6) is 0 Å². The molecular formula is C24H24N6O3. The molecule has 2 N–H and O–H groups in total. The third-order valence-corrected chi connectivity index (χ3v) is 5.87. The lowest BCUT2D eigenvalue weighted by Gasteiger charge is -2.23. The zero-order valence-corrected chi connectivity index (χ0v) is 18.5. The maximum absolute atomic E-state index is 12.4. The van der Waals surface area contributed by atoms with Gasteiger partial charge in [-0.2, -0.15) is 5.10 Å². The van der Waals surface area contributed by atoms with Gasteiger partial charge in [-0.3, -0.25) is 0 Å². The minimum Gasteiger partial charge on any atom is -0.464 e. The molecule has 9 heteroatoms. The number of hydrogen-bond acceptors (Lipinski definition) is 8. The number of methoxy groups -OCH3 is 1. The Morgan fingerprint density at radius 3 is 2.88 bits per heavy atom. The van der Waals surface area contributed by atoms with Gasteiger partial charge in [0.2, 0.25) is 0 Å². The molecule has 0 spiro atoms. The summed E-state index contributed by atoms with van der Waals surface area (Å²) >= 11 is 0. The monoisotopic (exact) mass is 444 g/mol. The number of aromatic nitrogens is 5. The van der Waals surface area contributed by atoms with E-state index in [0.717, 1.165) is 47.9 Å². The van der Waals surface area contributed by atoms with Crippen LogP contribution in [-0.2, 0) is 9.47 Å². The van der Waals surface area contributed by atoms with Crippen LogP contribution in [0, 0.1) is 6.92 Å². The number of fused-ring (bicyclic) bond motifs is 1. The quantitative estimate of drug-likeness (QED) is 0.470. The van der Waals surface area contributed by atoms with Crippen LogP contribution in [0.4, 0.5) is 5.82 Å². The summed E-state index contributed by atoms with van der Waals surface area (Å²) in [4.78, 5) is 25.7. The van der Waals surface area contributed by atoms with Gasteiger partial charge in [0, 0.05) is 23.8 Å². The van der Waals surface area contributed by atoms with Crippen LogP contribution in [0.25, 0.3) is 33.5 Å². The second kappa shape index (κ2) is 8.59. The Hall–Kier alpha value is -3.85. The lowest BCUT2D eigenvalue weighted by atomic mass is 10.00. The number of aryl methyl sites for hydroxylation is 1. The number of nitrogen functional groups attached to an aromatic ring is 1. The first-order chi connectivity index (χ1) is 16.1. The Morgan fingerprint density at radius 1 is 1.24 bits per heavy atom. The Bertz CT molecular complexity index is 1340. The van der Waals surface area contributed by atoms with Crippen molar-refractivity contribution in [2.24, 2.45) is 0 Å². The first-order valence-electron chi connectivity index (χ1n) is 10.8. The third kappa shape index (κ3) is 3.80. The van der Waals surface area contributed by atoms with E-state index in [1.165, 1.54) is 7.11 Å². The normalized spacial score (nSPS) is 16.1. The summed E-state index contributed by atoms with van der Waals surface area (Å²) in [5, 5.41) is 5.56. The summed E-state index contributed by atoms with van der Waals surface area (Å²) < 4.78 is 12.8. The van der Waals surface area contributed by atoms with Crippen molar-refractivity contribution in [1.29, 1.82) is 0 Å². The van der Waals surface area contributed by atoms with Crippen molar-refractivity contribution in [3.8, 4) is 22.6 Å². The molecule has 0 bridgehead atoms. The number of ether oxygens (including phenoxy) is 2. The first kappa shape index (κ1) is 21.0. The van der Waals surface area contributed by atoms with E-state index in [2.05, 4.69) is 15.1 Å². The van der Waals surface area contributed by atoms with E-state index >= 15 is 0 Å². The molecule has 1 aliphatic heterocycles. The molecule has 3 aromatic heterocycles. The zero-order valence-electron chi connectivity index (χ0n) is 18.5. The molecule has 0 saturated carbocycles. The number of carbonyl (C=O) groups excluding carboxylic acids is 1. The number of esters is 1. The number of nitrogens with two attached hydrogens (primary N) is 1. The minimum absolute atomic E-state index is 0.0893. The molecule has 1 fully saturated rings. The second-order valence-corrected chi connectivity index (χ2v) is 7.99. The molecule has 0 aliphatic carbocycles. The Kier molecular flexibility index (Phi) is 5.47. The Morgan fingerprint density at radius 2 is 2.12 bits per heavy atom. The molecule has 4 aromatic rings. The van der Waals surface area contributed by atoms with E-state index in [0.29, 0.717) is 17.1 Å². The molecule has 5 rings (SSSR count). The molecule has 4 heterocycles. The topological polar surface area (TPSA) is 118 Å². The SMILES string of the molecule is COC(=O)c1cc(-c2c(C)ccc3c2cnn3C2CCCCO2)nc(-c2cccnc2N)n1. The molecule has 1 aromatic carbocycles. The number of benzene rings is 1. The Balaban J connectivity index is 1.71. The highest BCUT2D eigenvalue weighted by Gasteiger charge is 2.22. The fraction of sp³-hybridized carbons (Fsp3) is 0.292. The molecule has 1 atom stereocenters. The standard InChI is InChI=1S/C24H24N6O3/c1-14-8-9-19-16(13-27-30(19)20-7-3-4-11-33-20)21(14)17-12-18(24(31)32-2)29-23(28-17)15-6-5-10-26-22(15)25/h5-6,8-10,12-13,20H,3-4,7,11H2,1-2H3,(H2,25,26). The van der Waals surface area contributed by atoms with Gasteiger partial charge in [-0.1, -0.05) is 6.07 Å². The van der Waals surface area contributed by atoms with Crippen LogP contribution in [0.1, 0.15) is 41.5 Å². The fourth-order valence-electron chi connectivity index (χ4n) is 4.23. The molecule has 1 saturated heterocycles. The van der Waals surface area contributed by atoms with Crippen LogP contribution in [0.2, 0.25) is 0 Å². The maximum Gasteiger partial charge on any atom is 0.356 e. The lowest BCUT2D eigenvalue weighted by molar-refractivity contribution is -0.0366. The van der Waals surface area contributed by atoms with Gasteiger partial charge in [0.05, 0.1) is 30.1 Å². The van der Waals surface area contributed by atoms with Gasteiger partial charge in [-0.15, -0.1) is 0 Å². The molecule has 1 unspecified atom stereocenters. The third-order valence-electron chi connectivity index (χ3n) is 5.87. The van der Waals surface area contributed by atoms with Gasteiger partial charge >= 0.3 is 5.97 Å². The molecule has 0 radical (unpaired) electrons. The number of nitrogens with zero attached hydrogens (tertiary/aromatic N) is 5. The summed E-state index contributed by atoms with van der Waals surface area (Å²) in [5.41, 5.74) is 10.1. The molecule has 168 valence electrons. The molecule has 9 nitrogen and oxygen atoms in total. The van der Waals surface area contributed by atoms with Gasteiger partial charge in [-0.05, 0) is 56.0 Å². The van der Waals surface area contributed by atoms with E-state index in [4.69, 9.17) is 20.2 Å². The number of hydrogen-bond donors (Lipinski definition) is 1. The van der Waals surface area contributed by atoms with Crippen molar-refractivity contribution in [1.82, 2.24) is 24.7 Å². The van der Waals surface area contributed by atoms with E-state index in [1.807, 2.05) is 29.9 Å². The first-order valence-corrected chi connectivity index (χ1v) is 10.8. The van der Waals surface area contributed by atoms with Crippen molar-refractivity contribution >= 4 is 22.7 Å². The molecular weight excluding hydrogens is 420 g/mol. The largest absolute Gasteiger partial charge is 0.464 e. The van der Waals surface area contributed by atoms with Gasteiger partial charge in [0.25, 0.3) is 0 Å². The van der Waals surface area contributed by atoms with E-state index in [9.17, 15) is 4.79 Å². The van der Waals surface area contributed by atoms with Crippen molar-refractivity contribution in [3.05, 3.63) is 54.0 Å². The molecule has 1 aliphatic rings. The van der Waals surface area contributed by atoms with Crippen LogP contribution < -0.4 is 5.73 Å². The average molecular weight is 444 g/mol. The molecule has 33 heavy (non-hydrogen) atoms. The van der Waals surface area contributed by atoms with Gasteiger partial charge in [0.1, 0.15) is 5.82 Å². The van der Waals surface area contributed by atoms with Crippen LogP contribution >= 0.6 is 0 Å². The summed E-state index contributed by atoms with van der Waals surface area (Å²) in [7, 11) is 1.32. The predicted molar refractivity (Wildman–Crippen MR) is 123 cm³/mol. The van der Waals surface area contributed by atoms with Crippen LogP contribution in [-0.4, -0.2) is 44.4 Å². The molecule has 0 amide bonds. The van der Waals surface area contributed by atoms with E-state index in [1.54, 1.807) is 24.4 Å². The maximum atomic E-state index is 12.4. The highest BCUT2D eigenvalue weighted by atomic mass is 16.5. The van der Waals surface area contributed by atoms with Gasteiger partial charge in [0.15, 0.2) is 17.7 Å². The minimum atomic E-state index is -0.557. The number of anilines is 1. The van der Waals surface area contributed by atoms with Crippen LogP contribution in [0.3, 0.4) is 0 Å². The smallest absolute Gasteiger partial charge is 0.356 e. The summed E-state index contributed by atoms with van der Waals surface area (Å²) in [5.74, 6) is 0.0269. The van der Waals surface area contributed by atoms with Crippen molar-refractivity contribution in [3.63, 3.8) is 0 Å². The van der Waals surface area contributed by atoms with Gasteiger partial charge < -0.3 is 15.2 Å². The van der Waals surface area contributed by atoms with Crippen LogP contribution in [0.15, 0.2) is 42.7 Å². The lowest BCUT2D eigenvalue weighted by Crippen LogP contribution is -2.18.